The van der Waals surface area contributed by atoms with E-state index in [0.29, 0.717) is 50.3 Å². The molecule has 1 aromatic rings. The zero-order valence-electron chi connectivity index (χ0n) is 18.2. The molecule has 160 valence electrons. The number of nitrogens with zero attached hydrogens (tertiary/aromatic N) is 2. The lowest BCUT2D eigenvalue weighted by Gasteiger charge is -2.34. The Morgan fingerprint density at radius 3 is 2.21 bits per heavy atom. The van der Waals surface area contributed by atoms with Crippen LogP contribution in [0.15, 0.2) is 24.3 Å². The Kier molecular flexibility index (Phi) is 7.65. The molecular weight excluding hydrogens is 368 g/mol. The number of rotatable bonds is 5. The van der Waals surface area contributed by atoms with Crippen molar-refractivity contribution in [1.29, 1.82) is 0 Å². The number of nitrogens with one attached hydrogen (secondary N) is 2. The van der Waals surface area contributed by atoms with Crippen molar-refractivity contribution in [2.24, 2.45) is 5.92 Å². The van der Waals surface area contributed by atoms with Gasteiger partial charge in [-0.1, -0.05) is 12.1 Å². The smallest absolute Gasteiger partial charge is 0.319 e. The molecule has 4 amide bonds. The number of likely N-dealkylation sites (tertiary alicyclic amines) is 1. The predicted octanol–water partition coefficient (Wildman–Crippen LogP) is 3.33. The molecular formula is C22H34N4O3. The van der Waals surface area contributed by atoms with Crippen LogP contribution >= 0.6 is 0 Å². The summed E-state index contributed by atoms with van der Waals surface area (Å²) < 4.78 is 0. The van der Waals surface area contributed by atoms with E-state index < -0.39 is 0 Å². The number of benzene rings is 1. The molecule has 1 aliphatic heterocycles. The van der Waals surface area contributed by atoms with Crippen LogP contribution in [0.2, 0.25) is 0 Å². The van der Waals surface area contributed by atoms with E-state index >= 15 is 0 Å². The topological polar surface area (TPSA) is 81.8 Å². The van der Waals surface area contributed by atoms with E-state index in [1.54, 1.807) is 29.2 Å². The molecule has 1 aliphatic rings. The van der Waals surface area contributed by atoms with Crippen molar-refractivity contribution in [3.05, 3.63) is 29.8 Å². The van der Waals surface area contributed by atoms with E-state index in [1.165, 1.54) is 0 Å². The number of carbonyl (C=O) groups excluding carboxylic acids is 3. The SMILES string of the molecule is CCN(CC)C(=O)N1CCC(C(=O)Nc2ccccc2C(=O)NC(C)(C)C)CC1. The van der Waals surface area contributed by atoms with Gasteiger partial charge < -0.3 is 20.4 Å². The summed E-state index contributed by atoms with van der Waals surface area (Å²) in [6.45, 7) is 12.2. The van der Waals surface area contributed by atoms with Crippen LogP contribution in [0.4, 0.5) is 10.5 Å². The van der Waals surface area contributed by atoms with Crippen LogP contribution in [0.3, 0.4) is 0 Å². The van der Waals surface area contributed by atoms with Crippen LogP contribution in [0, 0.1) is 5.92 Å². The molecule has 1 aromatic carbocycles. The Labute approximate surface area is 173 Å². The van der Waals surface area contributed by atoms with Crippen molar-refractivity contribution < 1.29 is 14.4 Å². The molecule has 0 bridgehead atoms. The van der Waals surface area contributed by atoms with Gasteiger partial charge in [0.15, 0.2) is 0 Å². The molecule has 0 radical (unpaired) electrons. The van der Waals surface area contributed by atoms with Gasteiger partial charge in [-0.25, -0.2) is 4.79 Å². The molecule has 1 fully saturated rings. The van der Waals surface area contributed by atoms with Crippen molar-refractivity contribution in [3.8, 4) is 0 Å². The van der Waals surface area contributed by atoms with Gasteiger partial charge in [0.1, 0.15) is 0 Å². The van der Waals surface area contributed by atoms with E-state index in [0.717, 1.165) is 0 Å². The zero-order chi connectivity index (χ0) is 21.6. The number of carbonyl (C=O) groups is 3. The fourth-order valence-electron chi connectivity index (χ4n) is 3.46. The van der Waals surface area contributed by atoms with Gasteiger partial charge in [-0.15, -0.1) is 0 Å². The summed E-state index contributed by atoms with van der Waals surface area (Å²) in [4.78, 5) is 41.4. The molecule has 0 spiro atoms. The molecule has 7 heteroatoms. The maximum Gasteiger partial charge on any atom is 0.319 e. The fourth-order valence-corrected chi connectivity index (χ4v) is 3.46. The zero-order valence-corrected chi connectivity index (χ0v) is 18.2. The normalized spacial score (nSPS) is 15.0. The number of hydrogen-bond acceptors (Lipinski definition) is 3. The predicted molar refractivity (Wildman–Crippen MR) is 115 cm³/mol. The molecule has 29 heavy (non-hydrogen) atoms. The van der Waals surface area contributed by atoms with Crippen LogP contribution in [-0.2, 0) is 4.79 Å². The van der Waals surface area contributed by atoms with Gasteiger partial charge in [0.2, 0.25) is 5.91 Å². The number of piperidine rings is 1. The second-order valence-corrected chi connectivity index (χ2v) is 8.46. The number of hydrogen-bond donors (Lipinski definition) is 2. The van der Waals surface area contributed by atoms with Gasteiger partial charge >= 0.3 is 6.03 Å². The lowest BCUT2D eigenvalue weighted by molar-refractivity contribution is -0.121. The van der Waals surface area contributed by atoms with Gasteiger partial charge in [0.25, 0.3) is 5.91 Å². The van der Waals surface area contributed by atoms with E-state index in [-0.39, 0.29) is 29.3 Å². The number of amides is 4. The Morgan fingerprint density at radius 2 is 1.66 bits per heavy atom. The van der Waals surface area contributed by atoms with Crippen molar-refractivity contribution in [2.75, 3.05) is 31.5 Å². The molecule has 0 aliphatic carbocycles. The summed E-state index contributed by atoms with van der Waals surface area (Å²) in [5.74, 6) is -0.488. The molecule has 0 saturated carbocycles. The van der Waals surface area contributed by atoms with Gasteiger partial charge in [-0.3, -0.25) is 9.59 Å². The first-order chi connectivity index (χ1) is 13.7. The van der Waals surface area contributed by atoms with Gasteiger partial charge in [0.05, 0.1) is 11.3 Å². The minimum Gasteiger partial charge on any atom is -0.347 e. The van der Waals surface area contributed by atoms with E-state index in [4.69, 9.17) is 0 Å². The molecule has 0 atom stereocenters. The standard InChI is InChI=1S/C22H34N4O3/c1-6-25(7-2)21(29)26-14-12-16(13-15-26)19(27)23-18-11-9-8-10-17(18)20(28)24-22(3,4)5/h8-11,16H,6-7,12-15H2,1-5H3,(H,23,27)(H,24,28). The maximum absolute atomic E-state index is 12.8. The second-order valence-electron chi connectivity index (χ2n) is 8.46. The number of para-hydroxylation sites is 1. The molecule has 0 unspecified atom stereocenters. The van der Waals surface area contributed by atoms with E-state index in [1.807, 2.05) is 39.5 Å². The second kappa shape index (κ2) is 9.76. The first kappa shape index (κ1) is 22.7. The number of urea groups is 1. The van der Waals surface area contributed by atoms with Crippen LogP contribution in [0.5, 0.6) is 0 Å². The summed E-state index contributed by atoms with van der Waals surface area (Å²) in [6.07, 6.45) is 1.24. The number of anilines is 1. The van der Waals surface area contributed by atoms with E-state index in [2.05, 4.69) is 10.6 Å². The van der Waals surface area contributed by atoms with Crippen molar-refractivity contribution in [3.63, 3.8) is 0 Å². The molecule has 1 heterocycles. The summed E-state index contributed by atoms with van der Waals surface area (Å²) in [5.41, 5.74) is 0.601. The largest absolute Gasteiger partial charge is 0.347 e. The third-order valence-electron chi connectivity index (χ3n) is 5.09. The van der Waals surface area contributed by atoms with Gasteiger partial charge in [-0.05, 0) is 59.6 Å². The minimum absolute atomic E-state index is 0.0399. The summed E-state index contributed by atoms with van der Waals surface area (Å²) in [7, 11) is 0. The van der Waals surface area contributed by atoms with Crippen LogP contribution in [-0.4, -0.2) is 59.4 Å². The van der Waals surface area contributed by atoms with Gasteiger partial charge in [0, 0.05) is 37.6 Å². The third-order valence-corrected chi connectivity index (χ3v) is 5.09. The monoisotopic (exact) mass is 402 g/mol. The highest BCUT2D eigenvalue weighted by Gasteiger charge is 2.29. The molecule has 1 saturated heterocycles. The summed E-state index contributed by atoms with van der Waals surface area (Å²) >= 11 is 0. The lowest BCUT2D eigenvalue weighted by Crippen LogP contribution is -2.47. The van der Waals surface area contributed by atoms with E-state index in [9.17, 15) is 14.4 Å². The molecule has 0 aromatic heterocycles. The summed E-state index contributed by atoms with van der Waals surface area (Å²) in [5, 5.41) is 5.85. The average Bonchev–Trinajstić information content (AvgIpc) is 2.68. The first-order valence-corrected chi connectivity index (χ1v) is 10.4. The minimum atomic E-state index is -0.363. The van der Waals surface area contributed by atoms with Crippen molar-refractivity contribution in [2.45, 2.75) is 53.0 Å². The highest BCUT2D eigenvalue weighted by molar-refractivity contribution is 6.04. The van der Waals surface area contributed by atoms with Crippen LogP contribution < -0.4 is 10.6 Å². The lowest BCUT2D eigenvalue weighted by atomic mass is 9.95. The fraction of sp³-hybridized carbons (Fsp3) is 0.591. The average molecular weight is 403 g/mol. The van der Waals surface area contributed by atoms with Crippen molar-refractivity contribution in [1.82, 2.24) is 15.1 Å². The Balaban J connectivity index is 1.99. The molecule has 2 rings (SSSR count). The summed E-state index contributed by atoms with van der Waals surface area (Å²) in [6, 6.07) is 7.08. The molecule has 7 nitrogen and oxygen atoms in total. The van der Waals surface area contributed by atoms with Crippen molar-refractivity contribution >= 4 is 23.5 Å². The third kappa shape index (κ3) is 6.21. The quantitative estimate of drug-likeness (QED) is 0.793. The van der Waals surface area contributed by atoms with Gasteiger partial charge in [-0.2, -0.15) is 0 Å². The highest BCUT2D eigenvalue weighted by Crippen LogP contribution is 2.22. The highest BCUT2D eigenvalue weighted by atomic mass is 16.2. The Bertz CT molecular complexity index is 730. The Hall–Kier alpha value is -2.57. The first-order valence-electron chi connectivity index (χ1n) is 10.4. The van der Waals surface area contributed by atoms with Crippen LogP contribution in [0.1, 0.15) is 57.8 Å². The van der Waals surface area contributed by atoms with Crippen LogP contribution in [0.25, 0.3) is 0 Å². The molecule has 2 N–H and O–H groups in total. The Morgan fingerprint density at radius 1 is 1.07 bits per heavy atom. The maximum atomic E-state index is 12.8.